The van der Waals surface area contributed by atoms with Gasteiger partial charge in [-0.3, -0.25) is 0 Å². The Hall–Kier alpha value is -3.13. The third-order valence-electron chi connectivity index (χ3n) is 6.83. The summed E-state index contributed by atoms with van der Waals surface area (Å²) in [6.07, 6.45) is 4.38. The molecule has 2 unspecified atom stereocenters. The zero-order chi connectivity index (χ0) is 25.7. The summed E-state index contributed by atoms with van der Waals surface area (Å²) in [5.74, 6) is 0.339. The molecule has 0 fully saturated rings. The van der Waals surface area contributed by atoms with Gasteiger partial charge in [0.15, 0.2) is 9.84 Å². The number of nitrogens with one attached hydrogen (secondary N) is 2. The third-order valence-corrected chi connectivity index (χ3v) is 9.27. The highest BCUT2D eigenvalue weighted by Crippen LogP contribution is 2.35. The van der Waals surface area contributed by atoms with Gasteiger partial charge in [-0.2, -0.15) is 0 Å². The molecule has 0 radical (unpaired) electrons. The van der Waals surface area contributed by atoms with E-state index in [4.69, 9.17) is 11.6 Å². The van der Waals surface area contributed by atoms with Crippen LogP contribution < -0.4 is 10.2 Å². The molecule has 1 aromatic heterocycles. The highest BCUT2D eigenvalue weighted by molar-refractivity contribution is 7.92. The number of aromatic nitrogens is 2. The van der Waals surface area contributed by atoms with E-state index < -0.39 is 15.2 Å². The number of hydrogen-bond donors (Lipinski definition) is 2. The fourth-order valence-corrected chi connectivity index (χ4v) is 7.45. The summed E-state index contributed by atoms with van der Waals surface area (Å²) in [5.41, 5.74) is 6.16. The van der Waals surface area contributed by atoms with Gasteiger partial charge in [0.2, 0.25) is 0 Å². The van der Waals surface area contributed by atoms with Gasteiger partial charge in [-0.1, -0.05) is 66.7 Å². The molecule has 2 N–H and O–H groups in total. The molecule has 1 aliphatic heterocycles. The van der Waals surface area contributed by atoms with Crippen molar-refractivity contribution in [2.75, 3.05) is 16.5 Å². The molecule has 0 saturated heterocycles. The fraction of sp³-hybridized carbons (Fsp3) is 0.276. The normalized spacial score (nSPS) is 17.8. The second kappa shape index (κ2) is 11.5. The van der Waals surface area contributed by atoms with Gasteiger partial charge >= 0.3 is 0 Å². The first-order valence-electron chi connectivity index (χ1n) is 12.5. The number of fused-ring (bicyclic) bond motifs is 1. The van der Waals surface area contributed by atoms with Crippen molar-refractivity contribution in [1.82, 2.24) is 15.3 Å². The topological polar surface area (TPSA) is 78.1 Å². The molecule has 1 aliphatic rings. The number of anilines is 1. The average molecular weight is 535 g/mol. The SMILES string of the molecule is O=S(=O)(CCCCl)C1C(Cc2ccccc2)NCc2cc(-c3ccccc3)ccc2N1Cc1cnc[nH]1. The summed E-state index contributed by atoms with van der Waals surface area (Å²) < 4.78 is 27.9. The Bertz CT molecular complexity index is 1400. The van der Waals surface area contributed by atoms with Crippen LogP contribution in [0.25, 0.3) is 11.1 Å². The van der Waals surface area contributed by atoms with Gasteiger partial charge in [0.25, 0.3) is 0 Å². The largest absolute Gasteiger partial charge is 0.347 e. The van der Waals surface area contributed by atoms with Gasteiger partial charge in [0.05, 0.1) is 24.3 Å². The maximum atomic E-state index is 14.0. The predicted molar refractivity (Wildman–Crippen MR) is 150 cm³/mol. The molecule has 0 spiro atoms. The minimum Gasteiger partial charge on any atom is -0.347 e. The molecule has 3 aromatic carbocycles. The molecule has 0 bridgehead atoms. The molecule has 0 saturated carbocycles. The summed E-state index contributed by atoms with van der Waals surface area (Å²) >= 11 is 5.95. The van der Waals surface area contributed by atoms with Crippen LogP contribution in [0.3, 0.4) is 0 Å². The van der Waals surface area contributed by atoms with Gasteiger partial charge in [0, 0.05) is 30.4 Å². The zero-order valence-corrected chi connectivity index (χ0v) is 22.1. The van der Waals surface area contributed by atoms with Crippen LogP contribution in [0.4, 0.5) is 5.69 Å². The highest BCUT2D eigenvalue weighted by atomic mass is 35.5. The maximum Gasteiger partial charge on any atom is 0.172 e. The molecule has 192 valence electrons. The lowest BCUT2D eigenvalue weighted by Gasteiger charge is -2.36. The van der Waals surface area contributed by atoms with Crippen molar-refractivity contribution in [2.45, 2.75) is 37.3 Å². The smallest absolute Gasteiger partial charge is 0.172 e. The summed E-state index contributed by atoms with van der Waals surface area (Å²) in [6.45, 7) is 0.962. The zero-order valence-electron chi connectivity index (χ0n) is 20.6. The Labute approximate surface area is 223 Å². The highest BCUT2D eigenvalue weighted by Gasteiger charge is 2.41. The van der Waals surface area contributed by atoms with E-state index in [1.807, 2.05) is 41.3 Å². The van der Waals surface area contributed by atoms with Crippen LogP contribution >= 0.6 is 11.6 Å². The van der Waals surface area contributed by atoms with Crippen molar-refractivity contribution in [3.63, 3.8) is 0 Å². The summed E-state index contributed by atoms with van der Waals surface area (Å²) in [4.78, 5) is 9.38. The number of hydrogen-bond acceptors (Lipinski definition) is 5. The Morgan fingerprint density at radius 2 is 1.73 bits per heavy atom. The number of rotatable bonds is 9. The van der Waals surface area contributed by atoms with Crippen LogP contribution in [0.5, 0.6) is 0 Å². The van der Waals surface area contributed by atoms with E-state index in [0.29, 0.717) is 31.8 Å². The van der Waals surface area contributed by atoms with Gasteiger partial charge in [-0.15, -0.1) is 11.6 Å². The maximum absolute atomic E-state index is 14.0. The minimum absolute atomic E-state index is 0.0328. The molecule has 5 rings (SSSR count). The summed E-state index contributed by atoms with van der Waals surface area (Å²) in [6, 6.07) is 26.3. The molecule has 2 heterocycles. The van der Waals surface area contributed by atoms with Crippen LogP contribution in [-0.4, -0.2) is 41.4 Å². The third kappa shape index (κ3) is 5.90. The lowest BCUT2D eigenvalue weighted by molar-refractivity contribution is 0.463. The van der Waals surface area contributed by atoms with Crippen molar-refractivity contribution in [3.8, 4) is 11.1 Å². The van der Waals surface area contributed by atoms with E-state index in [2.05, 4.69) is 57.7 Å². The molecule has 4 aromatic rings. The Morgan fingerprint density at radius 1 is 0.973 bits per heavy atom. The standard InChI is InChI=1S/C29H31ClN4O2S/c30-14-7-15-37(35,36)29-27(16-22-8-3-1-4-9-22)32-18-25-17-24(23-10-5-2-6-11-23)12-13-28(25)34(29)20-26-19-31-21-33-26/h1-6,8-13,17,19,21,27,29,32H,7,14-16,18,20H2,(H,31,33). The first-order chi connectivity index (χ1) is 18.0. The Balaban J connectivity index is 1.62. The molecule has 8 heteroatoms. The molecular formula is C29H31ClN4O2S. The van der Waals surface area contributed by atoms with Crippen LogP contribution in [0, 0.1) is 0 Å². The predicted octanol–water partition coefficient (Wildman–Crippen LogP) is 5.17. The average Bonchev–Trinajstić information content (AvgIpc) is 3.39. The van der Waals surface area contributed by atoms with E-state index >= 15 is 0 Å². The Kier molecular flexibility index (Phi) is 7.93. The summed E-state index contributed by atoms with van der Waals surface area (Å²) in [7, 11) is -3.55. The van der Waals surface area contributed by atoms with Crippen molar-refractivity contribution >= 4 is 27.1 Å². The van der Waals surface area contributed by atoms with Crippen molar-refractivity contribution in [3.05, 3.63) is 108 Å². The fourth-order valence-electron chi connectivity index (χ4n) is 5.11. The van der Waals surface area contributed by atoms with E-state index in [1.165, 1.54) is 0 Å². The summed E-state index contributed by atoms with van der Waals surface area (Å²) in [5, 5.41) is 2.85. The van der Waals surface area contributed by atoms with E-state index in [0.717, 1.165) is 33.6 Å². The monoisotopic (exact) mass is 534 g/mol. The molecule has 37 heavy (non-hydrogen) atoms. The molecular weight excluding hydrogens is 504 g/mol. The van der Waals surface area contributed by atoms with Crippen molar-refractivity contribution < 1.29 is 8.42 Å². The van der Waals surface area contributed by atoms with Crippen molar-refractivity contribution in [1.29, 1.82) is 0 Å². The number of imidazole rings is 1. The molecule has 6 nitrogen and oxygen atoms in total. The first-order valence-corrected chi connectivity index (χ1v) is 14.8. The van der Waals surface area contributed by atoms with Crippen LogP contribution in [0.15, 0.2) is 91.4 Å². The van der Waals surface area contributed by atoms with Crippen LogP contribution in [0.2, 0.25) is 0 Å². The number of nitrogens with zero attached hydrogens (tertiary/aromatic N) is 2. The number of halogens is 1. The lowest BCUT2D eigenvalue weighted by atomic mass is 10.0. The van der Waals surface area contributed by atoms with Gasteiger partial charge in [0.1, 0.15) is 5.37 Å². The number of sulfone groups is 1. The van der Waals surface area contributed by atoms with Crippen molar-refractivity contribution in [2.24, 2.45) is 0 Å². The lowest BCUT2D eigenvalue weighted by Crippen LogP contribution is -2.54. The van der Waals surface area contributed by atoms with Crippen LogP contribution in [-0.2, 0) is 29.3 Å². The molecule has 2 atom stereocenters. The quantitative estimate of drug-likeness (QED) is 0.290. The number of H-pyrrole nitrogens is 1. The van der Waals surface area contributed by atoms with Crippen LogP contribution in [0.1, 0.15) is 23.2 Å². The van der Waals surface area contributed by atoms with Gasteiger partial charge < -0.3 is 15.2 Å². The van der Waals surface area contributed by atoms with E-state index in [-0.39, 0.29) is 11.8 Å². The second-order valence-electron chi connectivity index (χ2n) is 9.39. The molecule has 0 amide bonds. The van der Waals surface area contributed by atoms with Gasteiger partial charge in [-0.25, -0.2) is 13.4 Å². The minimum atomic E-state index is -3.55. The first kappa shape index (κ1) is 25.5. The van der Waals surface area contributed by atoms with Gasteiger partial charge in [-0.05, 0) is 47.2 Å². The number of alkyl halides is 1. The Morgan fingerprint density at radius 3 is 2.43 bits per heavy atom. The number of benzene rings is 3. The van der Waals surface area contributed by atoms with E-state index in [9.17, 15) is 8.42 Å². The molecule has 0 aliphatic carbocycles. The van der Waals surface area contributed by atoms with E-state index in [1.54, 1.807) is 12.5 Å². The second-order valence-corrected chi connectivity index (χ2v) is 12.0. The number of aromatic amines is 1.